The lowest BCUT2D eigenvalue weighted by molar-refractivity contribution is -0.139. The maximum absolute atomic E-state index is 13.2. The third kappa shape index (κ3) is 4.43. The third-order valence-corrected chi connectivity index (χ3v) is 6.24. The van der Waals surface area contributed by atoms with Gasteiger partial charge in [0.2, 0.25) is 0 Å². The Morgan fingerprint density at radius 1 is 1.03 bits per heavy atom. The number of benzene rings is 2. The SMILES string of the molecule is CCCCCN1C(=O)C(=O)/C(=C(/O)c2cc(C)c(OC)cc2C)C1c1ccc(CC)cc1. The van der Waals surface area contributed by atoms with Gasteiger partial charge in [-0.25, -0.2) is 0 Å². The molecule has 1 aliphatic heterocycles. The summed E-state index contributed by atoms with van der Waals surface area (Å²) >= 11 is 0. The molecule has 0 bridgehead atoms. The molecule has 1 heterocycles. The van der Waals surface area contributed by atoms with E-state index in [0.717, 1.165) is 42.4 Å². The van der Waals surface area contributed by atoms with Gasteiger partial charge < -0.3 is 14.7 Å². The fourth-order valence-corrected chi connectivity index (χ4v) is 4.33. The Balaban J connectivity index is 2.16. The lowest BCUT2D eigenvalue weighted by Crippen LogP contribution is -2.30. The van der Waals surface area contributed by atoms with E-state index in [2.05, 4.69) is 13.8 Å². The van der Waals surface area contributed by atoms with E-state index in [1.165, 1.54) is 5.56 Å². The van der Waals surface area contributed by atoms with Crippen molar-refractivity contribution in [1.82, 2.24) is 4.90 Å². The van der Waals surface area contributed by atoms with E-state index in [9.17, 15) is 14.7 Å². The van der Waals surface area contributed by atoms with Gasteiger partial charge in [0.25, 0.3) is 11.7 Å². The Hall–Kier alpha value is -3.08. The van der Waals surface area contributed by atoms with Crippen LogP contribution >= 0.6 is 0 Å². The van der Waals surface area contributed by atoms with Gasteiger partial charge >= 0.3 is 0 Å². The normalized spacial score (nSPS) is 17.8. The number of likely N-dealkylation sites (tertiary alicyclic amines) is 1. The number of unbranched alkanes of at least 4 members (excludes halogenated alkanes) is 2. The molecule has 1 fully saturated rings. The number of rotatable bonds is 8. The molecular formula is C27H33NO4. The average Bonchev–Trinajstić information content (AvgIpc) is 3.05. The highest BCUT2D eigenvalue weighted by Crippen LogP contribution is 2.40. The van der Waals surface area contributed by atoms with Crippen LogP contribution in [0.4, 0.5) is 0 Å². The Morgan fingerprint density at radius 2 is 1.72 bits per heavy atom. The molecule has 1 unspecified atom stereocenters. The summed E-state index contributed by atoms with van der Waals surface area (Å²) in [6.45, 7) is 8.42. The van der Waals surface area contributed by atoms with Crippen LogP contribution in [0.25, 0.3) is 5.76 Å². The van der Waals surface area contributed by atoms with E-state index in [1.807, 2.05) is 50.2 Å². The van der Waals surface area contributed by atoms with Crippen LogP contribution < -0.4 is 4.74 Å². The predicted molar refractivity (Wildman–Crippen MR) is 127 cm³/mol. The summed E-state index contributed by atoms with van der Waals surface area (Å²) in [7, 11) is 1.60. The number of Topliss-reactive ketones (excluding diaryl/α,β-unsaturated/α-hetero) is 1. The number of aryl methyl sites for hydroxylation is 3. The molecule has 1 atom stereocenters. The monoisotopic (exact) mass is 435 g/mol. The summed E-state index contributed by atoms with van der Waals surface area (Å²) in [4.78, 5) is 27.8. The zero-order valence-electron chi connectivity index (χ0n) is 19.7. The first-order valence-electron chi connectivity index (χ1n) is 11.4. The molecule has 0 spiro atoms. The maximum atomic E-state index is 13.2. The minimum absolute atomic E-state index is 0.130. The molecule has 3 rings (SSSR count). The van der Waals surface area contributed by atoms with E-state index in [1.54, 1.807) is 12.0 Å². The molecular weight excluding hydrogens is 402 g/mol. The van der Waals surface area contributed by atoms with E-state index in [0.29, 0.717) is 17.9 Å². The Morgan fingerprint density at radius 3 is 2.31 bits per heavy atom. The Kier molecular flexibility index (Phi) is 7.39. The molecule has 1 saturated heterocycles. The van der Waals surface area contributed by atoms with Crippen LogP contribution in [0.15, 0.2) is 42.0 Å². The van der Waals surface area contributed by atoms with Crippen LogP contribution in [0.2, 0.25) is 0 Å². The Bertz CT molecular complexity index is 1040. The standard InChI is InChI=1S/C27H33NO4/c1-6-8-9-14-28-24(20-12-10-19(7-2)11-13-20)23(26(30)27(28)31)25(29)21-15-18(4)22(32-5)16-17(21)3/h10-13,15-16,24,29H,6-9,14H2,1-5H3/b25-23+. The second kappa shape index (κ2) is 10.0. The first-order valence-corrected chi connectivity index (χ1v) is 11.4. The minimum Gasteiger partial charge on any atom is -0.507 e. The fourth-order valence-electron chi connectivity index (χ4n) is 4.33. The van der Waals surface area contributed by atoms with Crippen molar-refractivity contribution in [3.8, 4) is 5.75 Å². The van der Waals surface area contributed by atoms with Gasteiger partial charge in [-0.1, -0.05) is 51.0 Å². The van der Waals surface area contributed by atoms with Crippen molar-refractivity contribution < 1.29 is 19.4 Å². The lowest BCUT2D eigenvalue weighted by atomic mass is 9.92. The summed E-state index contributed by atoms with van der Waals surface area (Å²) in [5.41, 5.74) is 4.34. The summed E-state index contributed by atoms with van der Waals surface area (Å²) in [5, 5.41) is 11.3. The molecule has 2 aromatic carbocycles. The predicted octanol–water partition coefficient (Wildman–Crippen LogP) is 5.49. The number of methoxy groups -OCH3 is 1. The van der Waals surface area contributed by atoms with E-state index >= 15 is 0 Å². The van der Waals surface area contributed by atoms with Gasteiger partial charge in [-0.3, -0.25) is 9.59 Å². The molecule has 2 aromatic rings. The minimum atomic E-state index is -0.628. The van der Waals surface area contributed by atoms with Crippen LogP contribution in [0, 0.1) is 13.8 Å². The van der Waals surface area contributed by atoms with Gasteiger partial charge in [-0.2, -0.15) is 0 Å². The summed E-state index contributed by atoms with van der Waals surface area (Å²) < 4.78 is 5.38. The maximum Gasteiger partial charge on any atom is 0.295 e. The lowest BCUT2D eigenvalue weighted by Gasteiger charge is -2.25. The molecule has 0 aliphatic carbocycles. The Labute approximate surface area is 190 Å². The molecule has 0 aromatic heterocycles. The summed E-state index contributed by atoms with van der Waals surface area (Å²) in [5.74, 6) is -0.591. The molecule has 5 heteroatoms. The summed E-state index contributed by atoms with van der Waals surface area (Å²) in [6.07, 6.45) is 3.71. The quantitative estimate of drug-likeness (QED) is 0.258. The smallest absolute Gasteiger partial charge is 0.295 e. The number of nitrogens with zero attached hydrogens (tertiary/aromatic N) is 1. The molecule has 1 amide bonds. The number of aliphatic hydroxyl groups is 1. The van der Waals surface area contributed by atoms with Crippen LogP contribution in [0.3, 0.4) is 0 Å². The highest BCUT2D eigenvalue weighted by molar-refractivity contribution is 6.46. The van der Waals surface area contributed by atoms with Crippen molar-refractivity contribution >= 4 is 17.4 Å². The number of carbonyl (C=O) groups excluding carboxylic acids is 2. The second-order valence-electron chi connectivity index (χ2n) is 8.43. The van der Waals surface area contributed by atoms with Gasteiger partial charge in [0.15, 0.2) is 0 Å². The molecule has 32 heavy (non-hydrogen) atoms. The number of amides is 1. The number of ether oxygens (including phenoxy) is 1. The first-order chi connectivity index (χ1) is 15.3. The van der Waals surface area contributed by atoms with Crippen molar-refractivity contribution in [2.75, 3.05) is 13.7 Å². The van der Waals surface area contributed by atoms with Crippen molar-refractivity contribution in [3.05, 3.63) is 69.8 Å². The molecule has 0 radical (unpaired) electrons. The van der Waals surface area contributed by atoms with Crippen LogP contribution in [-0.4, -0.2) is 35.4 Å². The van der Waals surface area contributed by atoms with E-state index in [4.69, 9.17) is 4.74 Å². The van der Waals surface area contributed by atoms with Crippen LogP contribution in [0.5, 0.6) is 5.75 Å². The highest BCUT2D eigenvalue weighted by Gasteiger charge is 2.45. The number of ketones is 1. The largest absolute Gasteiger partial charge is 0.507 e. The number of hydrogen-bond acceptors (Lipinski definition) is 4. The van der Waals surface area contributed by atoms with Gasteiger partial charge in [-0.15, -0.1) is 0 Å². The van der Waals surface area contributed by atoms with Gasteiger partial charge in [0.05, 0.1) is 18.7 Å². The number of carbonyl (C=O) groups is 2. The zero-order valence-corrected chi connectivity index (χ0v) is 19.7. The average molecular weight is 436 g/mol. The van der Waals surface area contributed by atoms with Crippen molar-refractivity contribution in [3.63, 3.8) is 0 Å². The topological polar surface area (TPSA) is 66.8 Å². The van der Waals surface area contributed by atoms with Crippen LogP contribution in [0.1, 0.15) is 67.0 Å². The number of aliphatic hydroxyl groups excluding tert-OH is 1. The molecule has 0 saturated carbocycles. The van der Waals surface area contributed by atoms with Gasteiger partial charge in [0, 0.05) is 12.1 Å². The van der Waals surface area contributed by atoms with Crippen molar-refractivity contribution in [1.29, 1.82) is 0 Å². The summed E-state index contributed by atoms with van der Waals surface area (Å²) in [6, 6.07) is 11.0. The van der Waals surface area contributed by atoms with Gasteiger partial charge in [-0.05, 0) is 61.1 Å². The number of hydrogen-bond donors (Lipinski definition) is 1. The molecule has 5 nitrogen and oxygen atoms in total. The van der Waals surface area contributed by atoms with Gasteiger partial charge in [0.1, 0.15) is 11.5 Å². The fraction of sp³-hybridized carbons (Fsp3) is 0.407. The zero-order chi connectivity index (χ0) is 23.4. The molecule has 1 aliphatic rings. The first kappa shape index (κ1) is 23.6. The van der Waals surface area contributed by atoms with E-state index < -0.39 is 17.7 Å². The third-order valence-electron chi connectivity index (χ3n) is 6.24. The van der Waals surface area contributed by atoms with Crippen LogP contribution in [-0.2, 0) is 16.0 Å². The molecule has 1 N–H and O–H groups in total. The second-order valence-corrected chi connectivity index (χ2v) is 8.43. The highest BCUT2D eigenvalue weighted by atomic mass is 16.5. The van der Waals surface area contributed by atoms with E-state index in [-0.39, 0.29) is 11.3 Å². The van der Waals surface area contributed by atoms with Crippen molar-refractivity contribution in [2.45, 2.75) is 59.4 Å². The molecule has 170 valence electrons. The van der Waals surface area contributed by atoms with Crippen molar-refractivity contribution in [2.24, 2.45) is 0 Å².